The molecular formula is C22H27NO6. The maximum Gasteiger partial charge on any atom is 0.407 e. The molecular weight excluding hydrogens is 374 g/mol. The first-order chi connectivity index (χ1) is 13.9. The van der Waals surface area contributed by atoms with Gasteiger partial charge >= 0.3 is 12.1 Å². The molecule has 1 atom stereocenters. The van der Waals surface area contributed by atoms with Crippen LogP contribution in [0.5, 0.6) is 5.75 Å². The first kappa shape index (κ1) is 22.2. The number of benzene rings is 2. The molecule has 29 heavy (non-hydrogen) atoms. The van der Waals surface area contributed by atoms with E-state index >= 15 is 0 Å². The summed E-state index contributed by atoms with van der Waals surface area (Å²) in [6.45, 7) is 4.03. The third kappa shape index (κ3) is 7.83. The Bertz CT molecular complexity index is 803. The molecule has 0 saturated carbocycles. The van der Waals surface area contributed by atoms with Crippen molar-refractivity contribution in [3.63, 3.8) is 0 Å². The lowest BCUT2D eigenvalue weighted by Gasteiger charge is -2.17. The average Bonchev–Trinajstić information content (AvgIpc) is 2.70. The van der Waals surface area contributed by atoms with E-state index in [1.165, 1.54) is 0 Å². The second-order valence-electron chi connectivity index (χ2n) is 6.81. The van der Waals surface area contributed by atoms with Crippen molar-refractivity contribution in [3.05, 3.63) is 65.2 Å². The zero-order valence-electron chi connectivity index (χ0n) is 16.9. The van der Waals surface area contributed by atoms with Crippen molar-refractivity contribution in [1.82, 2.24) is 5.32 Å². The topological polar surface area (TPSA) is 94.1 Å². The molecule has 1 amide bonds. The highest BCUT2D eigenvalue weighted by atomic mass is 16.5. The number of carboxylic acids is 1. The van der Waals surface area contributed by atoms with Crippen molar-refractivity contribution in [2.45, 2.75) is 45.6 Å². The zero-order chi connectivity index (χ0) is 21.2. The number of aliphatic carboxylic acids is 1. The number of carbonyl (C=O) groups is 2. The first-order valence-electron chi connectivity index (χ1n) is 9.37. The van der Waals surface area contributed by atoms with E-state index < -0.39 is 18.2 Å². The molecule has 0 fully saturated rings. The van der Waals surface area contributed by atoms with Crippen LogP contribution in [0.15, 0.2) is 48.5 Å². The van der Waals surface area contributed by atoms with Gasteiger partial charge in [-0.3, -0.25) is 0 Å². The van der Waals surface area contributed by atoms with E-state index in [4.69, 9.17) is 14.2 Å². The second kappa shape index (κ2) is 11.1. The Labute approximate surface area is 170 Å². The number of amides is 1. The van der Waals surface area contributed by atoms with E-state index in [0.717, 1.165) is 22.4 Å². The first-order valence-corrected chi connectivity index (χ1v) is 9.37. The molecule has 1 unspecified atom stereocenters. The van der Waals surface area contributed by atoms with Crippen molar-refractivity contribution >= 4 is 12.1 Å². The molecule has 2 aromatic rings. The Hall–Kier alpha value is -3.06. The van der Waals surface area contributed by atoms with E-state index in [9.17, 15) is 14.7 Å². The third-order valence-corrected chi connectivity index (χ3v) is 4.09. The van der Waals surface area contributed by atoms with Crippen LogP contribution in [0, 0.1) is 0 Å². The van der Waals surface area contributed by atoms with Crippen LogP contribution in [0.2, 0.25) is 0 Å². The second-order valence-corrected chi connectivity index (χ2v) is 6.81. The Kier molecular flexibility index (Phi) is 8.48. The van der Waals surface area contributed by atoms with Crippen LogP contribution in [-0.4, -0.2) is 36.5 Å². The molecule has 0 spiro atoms. The monoisotopic (exact) mass is 401 g/mol. The van der Waals surface area contributed by atoms with Gasteiger partial charge in [0.15, 0.2) is 6.10 Å². The van der Waals surface area contributed by atoms with E-state index in [-0.39, 0.29) is 25.7 Å². The number of methoxy groups -OCH3 is 1. The molecule has 156 valence electrons. The number of ether oxygens (including phenoxy) is 3. The number of carboxylic acid groups (broad SMARTS) is 1. The summed E-state index contributed by atoms with van der Waals surface area (Å²) in [7, 11) is 1.59. The molecule has 0 radical (unpaired) electrons. The van der Waals surface area contributed by atoms with Crippen molar-refractivity contribution in [1.29, 1.82) is 0 Å². The molecule has 2 aromatic carbocycles. The Morgan fingerprint density at radius 3 is 2.34 bits per heavy atom. The minimum atomic E-state index is -0.996. The van der Waals surface area contributed by atoms with Gasteiger partial charge in [-0.05, 0) is 42.7 Å². The number of carbonyl (C=O) groups excluding carboxylic acids is 1. The lowest BCUT2D eigenvalue weighted by molar-refractivity contribution is -0.153. The zero-order valence-corrected chi connectivity index (χ0v) is 16.9. The van der Waals surface area contributed by atoms with Gasteiger partial charge in [-0.25, -0.2) is 9.59 Å². The van der Waals surface area contributed by atoms with Crippen LogP contribution in [0.4, 0.5) is 4.79 Å². The summed E-state index contributed by atoms with van der Waals surface area (Å²) < 4.78 is 15.7. The largest absolute Gasteiger partial charge is 0.497 e. The molecule has 0 aliphatic carbocycles. The van der Waals surface area contributed by atoms with Crippen LogP contribution in [0.3, 0.4) is 0 Å². The van der Waals surface area contributed by atoms with E-state index in [1.807, 2.05) is 36.4 Å². The molecule has 7 heteroatoms. The summed E-state index contributed by atoms with van der Waals surface area (Å²) in [6, 6.07) is 14.6. The molecule has 0 heterocycles. The van der Waals surface area contributed by atoms with Gasteiger partial charge in [0.05, 0.1) is 13.2 Å². The average molecular weight is 401 g/mol. The fourth-order valence-electron chi connectivity index (χ4n) is 2.70. The maximum absolute atomic E-state index is 11.9. The van der Waals surface area contributed by atoms with Crippen LogP contribution >= 0.6 is 0 Å². The summed E-state index contributed by atoms with van der Waals surface area (Å²) >= 11 is 0. The van der Waals surface area contributed by atoms with Crippen LogP contribution < -0.4 is 10.1 Å². The van der Waals surface area contributed by atoms with Crippen LogP contribution in [0.1, 0.15) is 30.5 Å². The molecule has 0 aliphatic rings. The lowest BCUT2D eigenvalue weighted by atomic mass is 10.0. The Morgan fingerprint density at radius 2 is 1.72 bits per heavy atom. The van der Waals surface area contributed by atoms with Gasteiger partial charge in [0.25, 0.3) is 0 Å². The smallest absolute Gasteiger partial charge is 0.407 e. The van der Waals surface area contributed by atoms with Gasteiger partial charge in [0, 0.05) is 13.0 Å². The van der Waals surface area contributed by atoms with E-state index in [2.05, 4.69) is 5.32 Å². The third-order valence-electron chi connectivity index (χ3n) is 4.09. The number of rotatable bonds is 10. The van der Waals surface area contributed by atoms with Gasteiger partial charge < -0.3 is 24.6 Å². The highest BCUT2D eigenvalue weighted by molar-refractivity contribution is 5.72. The van der Waals surface area contributed by atoms with E-state index in [0.29, 0.717) is 0 Å². The highest BCUT2D eigenvalue weighted by Gasteiger charge is 2.20. The molecule has 0 aliphatic heterocycles. The minimum absolute atomic E-state index is 0.155. The minimum Gasteiger partial charge on any atom is -0.497 e. The number of alkyl carbamates (subject to hydrolysis) is 1. The van der Waals surface area contributed by atoms with Gasteiger partial charge in [-0.1, -0.05) is 36.4 Å². The predicted octanol–water partition coefficient (Wildman–Crippen LogP) is 3.54. The molecule has 0 saturated heterocycles. The number of hydrogen-bond acceptors (Lipinski definition) is 5. The highest BCUT2D eigenvalue weighted by Crippen LogP contribution is 2.13. The SMILES string of the molecule is COc1ccc(COC(=O)NCc2cccc(CC(OC(C)C)C(=O)O)c2)cc1. The van der Waals surface area contributed by atoms with Gasteiger partial charge in [-0.2, -0.15) is 0 Å². The number of hydrogen-bond donors (Lipinski definition) is 2. The summed E-state index contributed by atoms with van der Waals surface area (Å²) in [5.41, 5.74) is 2.52. The Morgan fingerprint density at radius 1 is 1.03 bits per heavy atom. The molecule has 0 bridgehead atoms. The normalized spacial score (nSPS) is 11.7. The van der Waals surface area contributed by atoms with Crippen LogP contribution in [-0.2, 0) is 33.8 Å². The van der Waals surface area contributed by atoms with Crippen molar-refractivity contribution in [2.24, 2.45) is 0 Å². The standard InChI is InChI=1S/C22H27NO6/c1-15(2)29-20(21(24)25)12-17-5-4-6-18(11-17)13-23-22(26)28-14-16-7-9-19(27-3)10-8-16/h4-11,15,20H,12-14H2,1-3H3,(H,23,26)(H,24,25). The van der Waals surface area contributed by atoms with Gasteiger partial charge in [0.2, 0.25) is 0 Å². The van der Waals surface area contributed by atoms with Gasteiger partial charge in [0.1, 0.15) is 12.4 Å². The van der Waals surface area contributed by atoms with E-state index in [1.54, 1.807) is 33.1 Å². The lowest BCUT2D eigenvalue weighted by Crippen LogP contribution is -2.29. The summed E-state index contributed by atoms with van der Waals surface area (Å²) in [5.74, 6) is -0.258. The molecule has 7 nitrogen and oxygen atoms in total. The fraction of sp³-hybridized carbons (Fsp3) is 0.364. The van der Waals surface area contributed by atoms with Gasteiger partial charge in [-0.15, -0.1) is 0 Å². The summed E-state index contributed by atoms with van der Waals surface area (Å²) in [4.78, 5) is 23.3. The maximum atomic E-state index is 11.9. The van der Waals surface area contributed by atoms with Crippen molar-refractivity contribution in [3.8, 4) is 5.75 Å². The predicted molar refractivity (Wildman–Crippen MR) is 108 cm³/mol. The van der Waals surface area contributed by atoms with Crippen LogP contribution in [0.25, 0.3) is 0 Å². The molecule has 2 N–H and O–H groups in total. The Balaban J connectivity index is 1.84. The summed E-state index contributed by atoms with van der Waals surface area (Å²) in [6.07, 6.45) is -1.37. The quantitative estimate of drug-likeness (QED) is 0.632. The van der Waals surface area contributed by atoms with Crippen molar-refractivity contribution < 1.29 is 28.9 Å². The molecule has 2 rings (SSSR count). The fourth-order valence-corrected chi connectivity index (χ4v) is 2.70. The summed E-state index contributed by atoms with van der Waals surface area (Å²) in [5, 5.41) is 12.0. The molecule has 0 aromatic heterocycles. The van der Waals surface area contributed by atoms with Crippen molar-refractivity contribution in [2.75, 3.05) is 7.11 Å². The number of nitrogens with one attached hydrogen (secondary N) is 1.